The van der Waals surface area contributed by atoms with Gasteiger partial charge in [0.1, 0.15) is 31.9 Å². The van der Waals surface area contributed by atoms with Crippen molar-refractivity contribution in [2.75, 3.05) is 27.8 Å². The summed E-state index contributed by atoms with van der Waals surface area (Å²) in [5.74, 6) is -0.383. The topological polar surface area (TPSA) is 63.2 Å². The normalized spacial score (nSPS) is 20.1. The molecule has 0 aliphatic carbocycles. The molecule has 0 N–H and O–H groups in total. The van der Waals surface area contributed by atoms with Crippen LogP contribution in [0, 0.1) is 0 Å². The molecule has 1 aliphatic heterocycles. The van der Waals surface area contributed by atoms with Crippen LogP contribution in [-0.2, 0) is 28.5 Å². The Balaban J connectivity index is 2.23. The van der Waals surface area contributed by atoms with E-state index in [0.29, 0.717) is 6.42 Å². The van der Waals surface area contributed by atoms with Crippen LogP contribution in [0.5, 0.6) is 0 Å². The highest BCUT2D eigenvalue weighted by Gasteiger charge is 2.35. The Hall–Kier alpha value is -1.73. The SMILES string of the molecule is COCO[C@@H]([C@H](OCOC)c1ccccc1)[C@H]1CC=CC(=O)O1. The van der Waals surface area contributed by atoms with Crippen molar-refractivity contribution in [3.05, 3.63) is 48.0 Å². The predicted octanol–water partition coefficient (Wildman–Crippen LogP) is 2.21. The number of rotatable bonds is 9. The van der Waals surface area contributed by atoms with Gasteiger partial charge in [-0.15, -0.1) is 0 Å². The van der Waals surface area contributed by atoms with E-state index in [1.54, 1.807) is 13.2 Å². The molecule has 0 saturated carbocycles. The number of esters is 1. The molecule has 0 aromatic heterocycles. The summed E-state index contributed by atoms with van der Waals surface area (Å²) in [5, 5.41) is 0. The van der Waals surface area contributed by atoms with Gasteiger partial charge in [-0.2, -0.15) is 0 Å². The summed E-state index contributed by atoms with van der Waals surface area (Å²) in [4.78, 5) is 11.6. The lowest BCUT2D eigenvalue weighted by atomic mass is 9.97. The average Bonchev–Trinajstić information content (AvgIpc) is 2.58. The number of ether oxygens (including phenoxy) is 5. The Bertz CT molecular complexity index is 501. The molecular weight excluding hydrogens is 300 g/mol. The Morgan fingerprint density at radius 2 is 1.83 bits per heavy atom. The zero-order valence-corrected chi connectivity index (χ0v) is 13.3. The second-order valence-electron chi connectivity index (χ2n) is 5.06. The lowest BCUT2D eigenvalue weighted by Gasteiger charge is -2.33. The number of benzene rings is 1. The smallest absolute Gasteiger partial charge is 0.330 e. The van der Waals surface area contributed by atoms with Crippen molar-refractivity contribution in [1.82, 2.24) is 0 Å². The molecule has 1 heterocycles. The molecule has 23 heavy (non-hydrogen) atoms. The number of carbonyl (C=O) groups is 1. The first-order valence-corrected chi connectivity index (χ1v) is 7.39. The minimum atomic E-state index is -0.513. The molecule has 1 aromatic rings. The summed E-state index contributed by atoms with van der Waals surface area (Å²) >= 11 is 0. The summed E-state index contributed by atoms with van der Waals surface area (Å²) in [5.41, 5.74) is 0.913. The largest absolute Gasteiger partial charge is 0.456 e. The maximum absolute atomic E-state index is 11.6. The minimum absolute atomic E-state index is 0.0715. The van der Waals surface area contributed by atoms with E-state index >= 15 is 0 Å². The van der Waals surface area contributed by atoms with E-state index in [2.05, 4.69) is 0 Å². The van der Waals surface area contributed by atoms with Gasteiger partial charge in [0, 0.05) is 26.7 Å². The Labute approximate surface area is 135 Å². The summed E-state index contributed by atoms with van der Waals surface area (Å²) < 4.78 is 27.0. The summed E-state index contributed by atoms with van der Waals surface area (Å²) in [6.07, 6.45) is 2.33. The molecule has 2 rings (SSSR count). The fraction of sp³-hybridized carbons (Fsp3) is 0.471. The predicted molar refractivity (Wildman–Crippen MR) is 82.5 cm³/mol. The molecule has 3 atom stereocenters. The van der Waals surface area contributed by atoms with Crippen LogP contribution in [0.1, 0.15) is 18.1 Å². The highest BCUT2D eigenvalue weighted by molar-refractivity contribution is 5.82. The maximum Gasteiger partial charge on any atom is 0.330 e. The first-order valence-electron chi connectivity index (χ1n) is 7.39. The second-order valence-corrected chi connectivity index (χ2v) is 5.06. The lowest BCUT2D eigenvalue weighted by molar-refractivity contribution is -0.198. The van der Waals surface area contributed by atoms with Gasteiger partial charge in [0.15, 0.2) is 0 Å². The van der Waals surface area contributed by atoms with Gasteiger partial charge in [-0.25, -0.2) is 4.79 Å². The first-order chi connectivity index (χ1) is 11.3. The summed E-state index contributed by atoms with van der Waals surface area (Å²) in [6, 6.07) is 9.62. The summed E-state index contributed by atoms with van der Waals surface area (Å²) in [6.45, 7) is 0.172. The molecule has 6 heteroatoms. The van der Waals surface area contributed by atoms with Crippen LogP contribution in [0.2, 0.25) is 0 Å². The zero-order valence-electron chi connectivity index (χ0n) is 13.3. The molecule has 1 aromatic carbocycles. The van der Waals surface area contributed by atoms with Gasteiger partial charge in [-0.1, -0.05) is 36.4 Å². The number of hydrogen-bond acceptors (Lipinski definition) is 6. The van der Waals surface area contributed by atoms with Crippen LogP contribution in [0.25, 0.3) is 0 Å². The molecule has 0 radical (unpaired) electrons. The van der Waals surface area contributed by atoms with Crippen LogP contribution in [0.3, 0.4) is 0 Å². The minimum Gasteiger partial charge on any atom is -0.456 e. The van der Waals surface area contributed by atoms with E-state index in [9.17, 15) is 4.79 Å². The maximum atomic E-state index is 11.6. The Morgan fingerprint density at radius 3 is 2.48 bits per heavy atom. The van der Waals surface area contributed by atoms with Gasteiger partial charge in [0.2, 0.25) is 0 Å². The van der Waals surface area contributed by atoms with Crippen LogP contribution < -0.4 is 0 Å². The molecule has 0 fully saturated rings. The molecular formula is C17H22O6. The van der Waals surface area contributed by atoms with Gasteiger partial charge >= 0.3 is 5.97 Å². The zero-order chi connectivity index (χ0) is 16.5. The van der Waals surface area contributed by atoms with Crippen LogP contribution in [-0.4, -0.2) is 46.0 Å². The van der Waals surface area contributed by atoms with Crippen molar-refractivity contribution >= 4 is 5.97 Å². The van der Waals surface area contributed by atoms with Gasteiger partial charge in [-0.05, 0) is 5.56 Å². The first kappa shape index (κ1) is 17.6. The number of hydrogen-bond donors (Lipinski definition) is 0. The van der Waals surface area contributed by atoms with Crippen LogP contribution >= 0.6 is 0 Å². The number of methoxy groups -OCH3 is 2. The van der Waals surface area contributed by atoms with Gasteiger partial charge < -0.3 is 23.7 Å². The highest BCUT2D eigenvalue weighted by atomic mass is 16.7. The number of cyclic esters (lactones) is 1. The third-order valence-corrected chi connectivity index (χ3v) is 3.43. The average molecular weight is 322 g/mol. The van der Waals surface area contributed by atoms with Crippen molar-refractivity contribution in [1.29, 1.82) is 0 Å². The van der Waals surface area contributed by atoms with Crippen molar-refractivity contribution in [3.8, 4) is 0 Å². The van der Waals surface area contributed by atoms with Crippen molar-refractivity contribution in [2.24, 2.45) is 0 Å². The molecule has 126 valence electrons. The van der Waals surface area contributed by atoms with Crippen molar-refractivity contribution in [3.63, 3.8) is 0 Å². The van der Waals surface area contributed by atoms with E-state index in [1.807, 2.05) is 30.3 Å². The van der Waals surface area contributed by atoms with E-state index in [-0.39, 0.29) is 19.6 Å². The fourth-order valence-corrected chi connectivity index (χ4v) is 2.44. The molecule has 1 aliphatic rings. The molecule has 0 saturated heterocycles. The van der Waals surface area contributed by atoms with E-state index < -0.39 is 18.3 Å². The van der Waals surface area contributed by atoms with E-state index in [4.69, 9.17) is 23.7 Å². The molecule has 0 amide bonds. The molecule has 0 bridgehead atoms. The third-order valence-electron chi connectivity index (χ3n) is 3.43. The Morgan fingerprint density at radius 1 is 1.13 bits per heavy atom. The van der Waals surface area contributed by atoms with Gasteiger partial charge in [0.25, 0.3) is 0 Å². The number of carbonyl (C=O) groups excluding carboxylic acids is 1. The second kappa shape index (κ2) is 9.42. The van der Waals surface area contributed by atoms with Crippen molar-refractivity contribution in [2.45, 2.75) is 24.7 Å². The molecule has 6 nitrogen and oxygen atoms in total. The summed E-state index contributed by atoms with van der Waals surface area (Å²) in [7, 11) is 3.09. The highest BCUT2D eigenvalue weighted by Crippen LogP contribution is 2.29. The Kier molecular flexibility index (Phi) is 7.22. The van der Waals surface area contributed by atoms with Gasteiger partial charge in [-0.3, -0.25) is 0 Å². The lowest BCUT2D eigenvalue weighted by Crippen LogP contribution is -2.40. The van der Waals surface area contributed by atoms with Gasteiger partial charge in [0.05, 0.1) is 0 Å². The third kappa shape index (κ3) is 5.14. The van der Waals surface area contributed by atoms with Crippen LogP contribution in [0.4, 0.5) is 0 Å². The van der Waals surface area contributed by atoms with Crippen molar-refractivity contribution < 1.29 is 28.5 Å². The monoisotopic (exact) mass is 322 g/mol. The standard InChI is InChI=1S/C17H22O6/c1-19-11-21-16(13-7-4-3-5-8-13)17(22-12-20-2)14-9-6-10-15(18)23-14/h3-8,10,14,16-17H,9,11-12H2,1-2H3/t14-,16-,17-/m1/s1. The van der Waals surface area contributed by atoms with Crippen LogP contribution in [0.15, 0.2) is 42.5 Å². The molecule has 0 spiro atoms. The van der Waals surface area contributed by atoms with E-state index in [1.165, 1.54) is 13.2 Å². The van der Waals surface area contributed by atoms with E-state index in [0.717, 1.165) is 5.56 Å². The fourth-order valence-electron chi connectivity index (χ4n) is 2.44. The quantitative estimate of drug-likeness (QED) is 0.513. The molecule has 0 unspecified atom stereocenters.